The van der Waals surface area contributed by atoms with Crippen molar-refractivity contribution in [1.29, 1.82) is 0 Å². The Kier molecular flexibility index (Phi) is 17.9. The van der Waals surface area contributed by atoms with Crippen LogP contribution >= 0.6 is 22.7 Å². The SMILES string of the molecule is CC(=O)O.COc1ccc(C2/C(=C(\O)c3ccc(OCc4ccccc4C)cc3)C(=O)C(=O)N2c2nnc(C)s2)cc1.COc1ccc(C2/C(=C(\O)c3ccc(OCc4ccccc4C)cc3)C(=O)C(=O)N2c2nnc(C)s2)cc1. The first-order valence-electron chi connectivity index (χ1n) is 24.7. The van der Waals surface area contributed by atoms with Crippen LogP contribution in [0.1, 0.15) is 73.5 Å². The number of ketones is 2. The molecule has 10 rings (SSSR count). The van der Waals surface area contributed by atoms with E-state index in [1.165, 1.54) is 32.5 Å². The molecule has 408 valence electrons. The number of aliphatic hydroxyl groups is 2. The molecule has 80 heavy (non-hydrogen) atoms. The van der Waals surface area contributed by atoms with Gasteiger partial charge in [0.05, 0.1) is 37.4 Å². The Morgan fingerprint density at radius 2 is 0.812 bits per heavy atom. The van der Waals surface area contributed by atoms with Crippen LogP contribution in [-0.4, -0.2) is 79.3 Å². The lowest BCUT2D eigenvalue weighted by Gasteiger charge is -2.22. The highest BCUT2D eigenvalue weighted by molar-refractivity contribution is 7.15. The van der Waals surface area contributed by atoms with Gasteiger partial charge < -0.3 is 34.3 Å². The molecule has 4 heterocycles. The van der Waals surface area contributed by atoms with Gasteiger partial charge in [0.15, 0.2) is 0 Å². The van der Waals surface area contributed by atoms with Crippen molar-refractivity contribution in [3.05, 3.63) is 211 Å². The number of carbonyl (C=O) groups excluding carboxylic acids is 4. The van der Waals surface area contributed by atoms with Crippen LogP contribution in [-0.2, 0) is 37.2 Å². The lowest BCUT2D eigenvalue weighted by atomic mass is 9.95. The van der Waals surface area contributed by atoms with E-state index in [9.17, 15) is 29.4 Å². The minimum Gasteiger partial charge on any atom is -0.507 e. The molecule has 0 bridgehead atoms. The molecule has 2 unspecified atom stereocenters. The molecule has 3 N–H and O–H groups in total. The Bertz CT molecular complexity index is 3400. The molecule has 18 nitrogen and oxygen atoms in total. The van der Waals surface area contributed by atoms with Gasteiger partial charge >= 0.3 is 11.8 Å². The molecule has 2 atom stereocenters. The Labute approximate surface area is 468 Å². The normalized spacial score (nSPS) is 16.1. The topological polar surface area (TPSA) is 241 Å². The highest BCUT2D eigenvalue weighted by Crippen LogP contribution is 2.45. The number of rotatable bonds is 14. The lowest BCUT2D eigenvalue weighted by Crippen LogP contribution is -2.29. The third kappa shape index (κ3) is 12.7. The highest BCUT2D eigenvalue weighted by atomic mass is 32.1. The summed E-state index contributed by atoms with van der Waals surface area (Å²) in [5.41, 5.74) is 6.39. The van der Waals surface area contributed by atoms with Crippen LogP contribution in [0.2, 0.25) is 0 Å². The number of carboxylic acids is 1. The van der Waals surface area contributed by atoms with Gasteiger partial charge in [-0.05, 0) is 134 Å². The number of methoxy groups -OCH3 is 2. The number of carbonyl (C=O) groups is 5. The number of benzene rings is 6. The van der Waals surface area contributed by atoms with Crippen molar-refractivity contribution in [1.82, 2.24) is 20.4 Å². The number of hydrogen-bond acceptors (Lipinski definition) is 17. The second kappa shape index (κ2) is 25.3. The number of aromatic nitrogens is 4. The molecule has 2 aromatic heterocycles. The number of amides is 2. The monoisotopic (exact) mass is 1110 g/mol. The minimum absolute atomic E-state index is 0.0263. The van der Waals surface area contributed by atoms with Crippen LogP contribution in [0.3, 0.4) is 0 Å². The Morgan fingerprint density at radius 1 is 0.487 bits per heavy atom. The van der Waals surface area contributed by atoms with Gasteiger partial charge in [-0.1, -0.05) is 95.5 Å². The van der Waals surface area contributed by atoms with Crippen molar-refractivity contribution in [2.24, 2.45) is 0 Å². The number of anilines is 2. The van der Waals surface area contributed by atoms with Gasteiger partial charge in [-0.15, -0.1) is 20.4 Å². The first-order chi connectivity index (χ1) is 38.5. The number of Topliss-reactive ketones (excluding diaryl/α,β-unsaturated/α-hetero) is 2. The first-order valence-corrected chi connectivity index (χ1v) is 26.4. The fourth-order valence-electron chi connectivity index (χ4n) is 8.63. The summed E-state index contributed by atoms with van der Waals surface area (Å²) in [4.78, 5) is 64.5. The summed E-state index contributed by atoms with van der Waals surface area (Å²) in [6, 6.07) is 41.7. The largest absolute Gasteiger partial charge is 0.507 e. The zero-order chi connectivity index (χ0) is 57.2. The van der Waals surface area contributed by atoms with Gasteiger partial charge in [0.25, 0.3) is 17.5 Å². The molecule has 0 saturated carbocycles. The molecule has 2 aliphatic rings. The molecule has 0 spiro atoms. The zero-order valence-electron chi connectivity index (χ0n) is 44.4. The van der Waals surface area contributed by atoms with Gasteiger partial charge in [0, 0.05) is 18.1 Å². The number of aryl methyl sites for hydroxylation is 4. The molecule has 0 radical (unpaired) electrons. The van der Waals surface area contributed by atoms with Gasteiger partial charge in [-0.2, -0.15) is 0 Å². The second-order valence-electron chi connectivity index (χ2n) is 18.1. The number of aliphatic hydroxyl groups excluding tert-OH is 2. The van der Waals surface area contributed by atoms with Gasteiger partial charge in [-0.3, -0.25) is 33.8 Å². The predicted octanol–water partition coefficient (Wildman–Crippen LogP) is 10.8. The Hall–Kier alpha value is -9.53. The summed E-state index contributed by atoms with van der Waals surface area (Å²) in [5, 5.41) is 48.1. The van der Waals surface area contributed by atoms with Crippen LogP contribution in [0.5, 0.6) is 23.0 Å². The third-order valence-corrected chi connectivity index (χ3v) is 14.4. The zero-order valence-corrected chi connectivity index (χ0v) is 46.1. The number of nitrogens with zero attached hydrogens (tertiary/aromatic N) is 6. The molecule has 2 saturated heterocycles. The van der Waals surface area contributed by atoms with Crippen molar-refractivity contribution in [3.63, 3.8) is 0 Å². The standard InChI is InChI=1S/2C29H25N3O5S.C2H4O2/c2*1-17-6-4-5-7-21(17)16-37-23-14-10-20(11-15-23)26(33)24-25(19-8-12-22(36-3)13-9-19)32(28(35)27(24)34)29-31-30-18(2)38-29;1-2(3)4/h2*4-15,25,33H,16H2,1-3H3;1H3,(H,3,4)/b2*26-24+;. The van der Waals surface area contributed by atoms with E-state index in [1.54, 1.807) is 125 Å². The van der Waals surface area contributed by atoms with Gasteiger partial charge in [-0.25, -0.2) is 0 Å². The van der Waals surface area contributed by atoms with E-state index in [-0.39, 0.29) is 32.9 Å². The van der Waals surface area contributed by atoms with Crippen molar-refractivity contribution in [2.75, 3.05) is 24.0 Å². The van der Waals surface area contributed by atoms with E-state index >= 15 is 0 Å². The summed E-state index contributed by atoms with van der Waals surface area (Å²) >= 11 is 2.40. The molecular weight excluding hydrogens is 1060 g/mol. The summed E-state index contributed by atoms with van der Waals surface area (Å²) in [7, 11) is 3.11. The molecule has 0 aliphatic carbocycles. The summed E-state index contributed by atoms with van der Waals surface area (Å²) in [6.07, 6.45) is 0. The molecule has 20 heteroatoms. The van der Waals surface area contributed by atoms with E-state index in [1.807, 2.05) is 62.4 Å². The van der Waals surface area contributed by atoms with E-state index < -0.39 is 41.4 Å². The number of aliphatic carboxylic acids is 1. The Morgan fingerprint density at radius 3 is 1.11 bits per heavy atom. The number of hydrogen-bond donors (Lipinski definition) is 3. The maximum atomic E-state index is 13.3. The fraction of sp³-hybridized carbons (Fsp3) is 0.183. The van der Waals surface area contributed by atoms with Crippen LogP contribution in [0.15, 0.2) is 157 Å². The molecule has 8 aromatic rings. The Balaban J connectivity index is 0.000000197. The smallest absolute Gasteiger partial charge is 0.301 e. The van der Waals surface area contributed by atoms with Crippen LogP contribution < -0.4 is 28.7 Å². The van der Waals surface area contributed by atoms with Crippen LogP contribution in [0.25, 0.3) is 11.5 Å². The molecule has 6 aromatic carbocycles. The van der Waals surface area contributed by atoms with E-state index in [4.69, 9.17) is 28.8 Å². The van der Waals surface area contributed by atoms with E-state index in [0.29, 0.717) is 68.5 Å². The van der Waals surface area contributed by atoms with Crippen LogP contribution in [0, 0.1) is 27.7 Å². The molecule has 2 amide bonds. The van der Waals surface area contributed by atoms with E-state index in [0.717, 1.165) is 29.2 Å². The second-order valence-corrected chi connectivity index (χ2v) is 20.4. The van der Waals surface area contributed by atoms with Gasteiger partial charge in [0.1, 0.15) is 57.7 Å². The fourth-order valence-corrected chi connectivity index (χ4v) is 10.1. The van der Waals surface area contributed by atoms with Crippen molar-refractivity contribution >= 4 is 73.8 Å². The third-order valence-electron chi connectivity index (χ3n) is 12.8. The average Bonchev–Trinajstić information content (AvgIpc) is 4.37. The highest BCUT2D eigenvalue weighted by Gasteiger charge is 2.49. The number of carboxylic acid groups (broad SMARTS) is 1. The minimum atomic E-state index is -0.884. The van der Waals surface area contributed by atoms with Crippen molar-refractivity contribution in [3.8, 4) is 23.0 Å². The first kappa shape index (κ1) is 56.7. The summed E-state index contributed by atoms with van der Waals surface area (Å²) in [6.45, 7) is 9.48. The lowest BCUT2D eigenvalue weighted by molar-refractivity contribution is -0.134. The predicted molar refractivity (Wildman–Crippen MR) is 302 cm³/mol. The van der Waals surface area contributed by atoms with E-state index in [2.05, 4.69) is 20.4 Å². The summed E-state index contributed by atoms with van der Waals surface area (Å²) < 4.78 is 22.3. The maximum Gasteiger partial charge on any atom is 0.301 e. The molecule has 2 fully saturated rings. The molecule has 2 aliphatic heterocycles. The average molecular weight is 1120 g/mol. The van der Waals surface area contributed by atoms with Crippen molar-refractivity contribution in [2.45, 2.75) is 59.9 Å². The van der Waals surface area contributed by atoms with Crippen LogP contribution in [0.4, 0.5) is 10.3 Å². The number of ether oxygens (including phenoxy) is 4. The maximum absolute atomic E-state index is 13.3. The quantitative estimate of drug-likeness (QED) is 0.0521. The van der Waals surface area contributed by atoms with Gasteiger partial charge in [0.2, 0.25) is 10.3 Å². The summed E-state index contributed by atoms with van der Waals surface area (Å²) in [5.74, 6) is -2.06. The molecular formula is C60H54N6O12S2. The van der Waals surface area contributed by atoms with Crippen molar-refractivity contribution < 1.29 is 58.2 Å².